The Morgan fingerprint density at radius 3 is 2.56 bits per heavy atom. The molecule has 1 atom stereocenters. The van der Waals surface area contributed by atoms with Crippen molar-refractivity contribution in [2.75, 3.05) is 26.2 Å². The fourth-order valence-corrected chi connectivity index (χ4v) is 3.58. The minimum atomic E-state index is -0.210. The van der Waals surface area contributed by atoms with Crippen molar-refractivity contribution in [1.82, 2.24) is 24.6 Å². The molecule has 1 saturated heterocycles. The van der Waals surface area contributed by atoms with E-state index in [1.165, 1.54) is 12.1 Å². The number of amides is 1. The van der Waals surface area contributed by atoms with E-state index in [-0.39, 0.29) is 17.6 Å². The van der Waals surface area contributed by atoms with E-state index >= 15 is 0 Å². The first-order chi connectivity index (χ1) is 12.9. The molecule has 146 valence electrons. The molecule has 2 aromatic rings. The summed E-state index contributed by atoms with van der Waals surface area (Å²) in [6.07, 6.45) is 0.946. The number of halogens is 1. The van der Waals surface area contributed by atoms with E-state index in [1.807, 2.05) is 42.5 Å². The van der Waals surface area contributed by atoms with Crippen LogP contribution in [-0.2, 0) is 17.9 Å². The van der Waals surface area contributed by atoms with Crippen LogP contribution in [0.3, 0.4) is 0 Å². The molecule has 27 heavy (non-hydrogen) atoms. The molecule has 2 heterocycles. The lowest BCUT2D eigenvalue weighted by Crippen LogP contribution is -2.39. The smallest absolute Gasteiger partial charge is 0.227 e. The van der Waals surface area contributed by atoms with Crippen molar-refractivity contribution in [3.8, 4) is 0 Å². The van der Waals surface area contributed by atoms with E-state index < -0.39 is 0 Å². The summed E-state index contributed by atoms with van der Waals surface area (Å²) in [4.78, 5) is 21.5. The lowest BCUT2D eigenvalue weighted by atomic mass is 10.1. The number of hydrogen-bond acceptors (Lipinski definition) is 4. The van der Waals surface area contributed by atoms with Gasteiger partial charge in [0.25, 0.3) is 0 Å². The van der Waals surface area contributed by atoms with Crippen molar-refractivity contribution >= 4 is 5.91 Å². The molecule has 1 fully saturated rings. The predicted molar refractivity (Wildman–Crippen MR) is 102 cm³/mol. The number of benzene rings is 1. The molecule has 1 aromatic heterocycles. The zero-order valence-electron chi connectivity index (χ0n) is 16.4. The highest BCUT2D eigenvalue weighted by molar-refractivity contribution is 5.78. The average Bonchev–Trinajstić information content (AvgIpc) is 2.83. The summed E-state index contributed by atoms with van der Waals surface area (Å²) in [5.41, 5.74) is 1.10. The largest absolute Gasteiger partial charge is 0.341 e. The Hall–Kier alpha value is -2.28. The first kappa shape index (κ1) is 19.5. The van der Waals surface area contributed by atoms with Gasteiger partial charge < -0.3 is 4.90 Å². The summed E-state index contributed by atoms with van der Waals surface area (Å²) in [6.45, 7) is 10.3. The predicted octanol–water partition coefficient (Wildman–Crippen LogP) is 2.40. The molecule has 1 aliphatic rings. The van der Waals surface area contributed by atoms with Crippen LogP contribution in [0.15, 0.2) is 24.3 Å². The molecule has 1 aromatic carbocycles. The third kappa shape index (κ3) is 5.13. The van der Waals surface area contributed by atoms with Gasteiger partial charge in [-0.2, -0.15) is 5.10 Å². The van der Waals surface area contributed by atoms with E-state index in [0.717, 1.165) is 56.4 Å². The third-order valence-corrected chi connectivity index (χ3v) is 5.05. The summed E-state index contributed by atoms with van der Waals surface area (Å²) in [5.74, 6) is 1.41. The number of carbonyl (C=O) groups excluding carboxylic acids is 1. The van der Waals surface area contributed by atoms with Crippen LogP contribution in [0.1, 0.15) is 30.6 Å². The van der Waals surface area contributed by atoms with Gasteiger partial charge in [0.15, 0.2) is 0 Å². The van der Waals surface area contributed by atoms with Gasteiger partial charge in [-0.15, -0.1) is 0 Å². The average molecular weight is 373 g/mol. The van der Waals surface area contributed by atoms with Crippen LogP contribution >= 0.6 is 0 Å². The Bertz CT molecular complexity index is 773. The normalized spacial score (nSPS) is 17.0. The van der Waals surface area contributed by atoms with Crippen molar-refractivity contribution in [2.45, 2.75) is 40.3 Å². The van der Waals surface area contributed by atoms with Crippen LogP contribution in [0.5, 0.6) is 0 Å². The number of carbonyl (C=O) groups is 1. The fourth-order valence-electron chi connectivity index (χ4n) is 3.58. The Morgan fingerprint density at radius 2 is 1.89 bits per heavy atom. The van der Waals surface area contributed by atoms with E-state index in [1.54, 1.807) is 0 Å². The molecule has 1 amide bonds. The second-order valence-corrected chi connectivity index (χ2v) is 7.37. The molecule has 0 N–H and O–H groups in total. The molecular formula is C20H28FN5O. The number of hydrogen-bond donors (Lipinski definition) is 0. The molecule has 7 heteroatoms. The van der Waals surface area contributed by atoms with Crippen LogP contribution in [0, 0.1) is 25.6 Å². The standard InChI is InChI=1S/C20H28FN5O/c1-15(13-26-17(3)22-16(2)23-26)20(27)25-10-4-9-24(11-12-25)14-18-5-7-19(21)8-6-18/h5-8,15H,4,9-14H2,1-3H3/t15-/m0/s1. The summed E-state index contributed by atoms with van der Waals surface area (Å²) < 4.78 is 14.9. The maximum atomic E-state index is 13.1. The van der Waals surface area contributed by atoms with Crippen LogP contribution in [0.2, 0.25) is 0 Å². The van der Waals surface area contributed by atoms with Gasteiger partial charge in [-0.3, -0.25) is 9.69 Å². The molecule has 6 nitrogen and oxygen atoms in total. The van der Waals surface area contributed by atoms with Gasteiger partial charge >= 0.3 is 0 Å². The third-order valence-electron chi connectivity index (χ3n) is 5.05. The minimum absolute atomic E-state index is 0.131. The Kier molecular flexibility index (Phi) is 6.21. The Balaban J connectivity index is 1.54. The highest BCUT2D eigenvalue weighted by atomic mass is 19.1. The SMILES string of the molecule is Cc1nc(C)n(C[C@H](C)C(=O)N2CCCN(Cc3ccc(F)cc3)CC2)n1. The van der Waals surface area contributed by atoms with Crippen molar-refractivity contribution in [1.29, 1.82) is 0 Å². The van der Waals surface area contributed by atoms with Crippen LogP contribution < -0.4 is 0 Å². The molecule has 0 radical (unpaired) electrons. The molecule has 0 aliphatic carbocycles. The van der Waals surface area contributed by atoms with Gasteiger partial charge in [0.05, 0.1) is 12.5 Å². The zero-order chi connectivity index (χ0) is 19.4. The zero-order valence-corrected chi connectivity index (χ0v) is 16.4. The van der Waals surface area contributed by atoms with E-state index in [2.05, 4.69) is 15.0 Å². The van der Waals surface area contributed by atoms with E-state index in [4.69, 9.17) is 0 Å². The second kappa shape index (κ2) is 8.61. The van der Waals surface area contributed by atoms with E-state index in [0.29, 0.717) is 6.54 Å². The first-order valence-electron chi connectivity index (χ1n) is 9.56. The van der Waals surface area contributed by atoms with Gasteiger partial charge in [-0.25, -0.2) is 14.1 Å². The quantitative estimate of drug-likeness (QED) is 0.808. The maximum absolute atomic E-state index is 13.1. The summed E-state index contributed by atoms with van der Waals surface area (Å²) in [6, 6.07) is 6.65. The number of aromatic nitrogens is 3. The van der Waals surface area contributed by atoms with Gasteiger partial charge in [-0.1, -0.05) is 19.1 Å². The molecule has 0 spiro atoms. The lowest BCUT2D eigenvalue weighted by Gasteiger charge is -2.25. The van der Waals surface area contributed by atoms with Gasteiger partial charge in [0.1, 0.15) is 17.5 Å². The van der Waals surface area contributed by atoms with Crippen LogP contribution in [0.4, 0.5) is 4.39 Å². The first-order valence-corrected chi connectivity index (χ1v) is 9.56. The molecule has 3 rings (SSSR count). The van der Waals surface area contributed by atoms with Crippen molar-refractivity contribution < 1.29 is 9.18 Å². The topological polar surface area (TPSA) is 54.3 Å². The summed E-state index contributed by atoms with van der Waals surface area (Å²) in [5, 5.41) is 4.36. The number of nitrogens with zero attached hydrogens (tertiary/aromatic N) is 5. The Morgan fingerprint density at radius 1 is 1.15 bits per heavy atom. The van der Waals surface area contributed by atoms with E-state index in [9.17, 15) is 9.18 Å². The number of aryl methyl sites for hydroxylation is 2. The fraction of sp³-hybridized carbons (Fsp3) is 0.550. The van der Waals surface area contributed by atoms with Crippen LogP contribution in [0.25, 0.3) is 0 Å². The van der Waals surface area contributed by atoms with Crippen molar-refractivity contribution in [2.24, 2.45) is 5.92 Å². The van der Waals surface area contributed by atoms with Gasteiger partial charge in [0.2, 0.25) is 5.91 Å². The van der Waals surface area contributed by atoms with Crippen molar-refractivity contribution in [3.63, 3.8) is 0 Å². The number of rotatable bonds is 5. The molecule has 1 aliphatic heterocycles. The van der Waals surface area contributed by atoms with Gasteiger partial charge in [-0.05, 0) is 38.0 Å². The Labute approximate surface area is 160 Å². The highest BCUT2D eigenvalue weighted by Gasteiger charge is 2.24. The summed E-state index contributed by atoms with van der Waals surface area (Å²) >= 11 is 0. The minimum Gasteiger partial charge on any atom is -0.341 e. The highest BCUT2D eigenvalue weighted by Crippen LogP contribution is 2.13. The monoisotopic (exact) mass is 373 g/mol. The van der Waals surface area contributed by atoms with Crippen LogP contribution in [-0.4, -0.2) is 56.7 Å². The second-order valence-electron chi connectivity index (χ2n) is 7.37. The molecular weight excluding hydrogens is 345 g/mol. The van der Waals surface area contributed by atoms with Gasteiger partial charge in [0, 0.05) is 32.7 Å². The molecule has 0 saturated carbocycles. The lowest BCUT2D eigenvalue weighted by molar-refractivity contribution is -0.135. The maximum Gasteiger partial charge on any atom is 0.227 e. The molecule has 0 unspecified atom stereocenters. The molecule has 0 bridgehead atoms. The summed E-state index contributed by atoms with van der Waals surface area (Å²) in [7, 11) is 0. The van der Waals surface area contributed by atoms with Crippen molar-refractivity contribution in [3.05, 3.63) is 47.3 Å².